The smallest absolute Gasteiger partial charge is 0.192 e. The molecule has 0 N–H and O–H groups in total. The highest BCUT2D eigenvalue weighted by Gasteiger charge is 2.14. The summed E-state index contributed by atoms with van der Waals surface area (Å²) in [6.07, 6.45) is 5.43. The molecule has 2 heterocycles. The minimum atomic E-state index is 0.673. The van der Waals surface area contributed by atoms with Gasteiger partial charge >= 0.3 is 0 Å². The highest BCUT2D eigenvalue weighted by molar-refractivity contribution is 7.98. The fourth-order valence-electron chi connectivity index (χ4n) is 2.50. The lowest BCUT2D eigenvalue weighted by Gasteiger charge is -2.09. The number of pyridine rings is 1. The van der Waals surface area contributed by atoms with Crippen LogP contribution in [0.2, 0.25) is 0 Å². The number of aryl methyl sites for hydroxylation is 2. The predicted molar refractivity (Wildman–Crippen MR) is 98.9 cm³/mol. The van der Waals surface area contributed by atoms with Gasteiger partial charge in [-0.1, -0.05) is 41.6 Å². The highest BCUT2D eigenvalue weighted by atomic mass is 32.2. The average Bonchev–Trinajstić information content (AvgIpc) is 3.00. The number of allylic oxidation sites excluding steroid dienone is 1. The number of nitrogens with zero attached hydrogens (tertiary/aromatic N) is 4. The summed E-state index contributed by atoms with van der Waals surface area (Å²) in [5.74, 6) is 1.70. The Morgan fingerprint density at radius 2 is 2.08 bits per heavy atom. The standard InChI is InChI=1S/C19H20N4S/c1-4-10-23-18(16-6-5-9-20-12-16)21-22-19(23)24-13-17-11-14(2)7-8-15(17)3/h4-9,11-12H,1,10,13H2,2-3H3. The Kier molecular flexibility index (Phi) is 5.11. The molecule has 1 aromatic carbocycles. The molecule has 3 rings (SSSR count). The maximum atomic E-state index is 4.38. The van der Waals surface area contributed by atoms with Crippen LogP contribution in [-0.4, -0.2) is 19.7 Å². The summed E-state index contributed by atoms with van der Waals surface area (Å²) >= 11 is 1.70. The van der Waals surface area contributed by atoms with E-state index < -0.39 is 0 Å². The molecule has 2 aromatic heterocycles. The van der Waals surface area contributed by atoms with Gasteiger partial charge in [-0.3, -0.25) is 9.55 Å². The summed E-state index contributed by atoms with van der Waals surface area (Å²) in [6, 6.07) is 10.4. The van der Waals surface area contributed by atoms with Crippen LogP contribution < -0.4 is 0 Å². The lowest BCUT2D eigenvalue weighted by Crippen LogP contribution is -2.01. The molecule has 0 unspecified atom stereocenters. The quantitative estimate of drug-likeness (QED) is 0.493. The molecule has 5 heteroatoms. The molecule has 4 nitrogen and oxygen atoms in total. The van der Waals surface area contributed by atoms with Gasteiger partial charge in [0, 0.05) is 30.3 Å². The summed E-state index contributed by atoms with van der Waals surface area (Å²) in [5, 5.41) is 9.64. The van der Waals surface area contributed by atoms with Crippen LogP contribution in [0.3, 0.4) is 0 Å². The molecule has 24 heavy (non-hydrogen) atoms. The number of hydrogen-bond acceptors (Lipinski definition) is 4. The topological polar surface area (TPSA) is 43.6 Å². The number of benzene rings is 1. The lowest BCUT2D eigenvalue weighted by atomic mass is 10.1. The summed E-state index contributed by atoms with van der Waals surface area (Å²) in [7, 11) is 0. The Morgan fingerprint density at radius 3 is 2.83 bits per heavy atom. The minimum absolute atomic E-state index is 0.673. The summed E-state index contributed by atoms with van der Waals surface area (Å²) in [6.45, 7) is 8.79. The molecule has 0 spiro atoms. The van der Waals surface area contributed by atoms with Crippen molar-refractivity contribution < 1.29 is 0 Å². The number of thioether (sulfide) groups is 1. The number of hydrogen-bond donors (Lipinski definition) is 0. The van der Waals surface area contributed by atoms with Crippen LogP contribution >= 0.6 is 11.8 Å². The van der Waals surface area contributed by atoms with Crippen molar-refractivity contribution in [1.82, 2.24) is 19.7 Å². The number of rotatable bonds is 6. The van der Waals surface area contributed by atoms with E-state index in [0.29, 0.717) is 6.54 Å². The fraction of sp³-hybridized carbons (Fsp3) is 0.211. The second-order valence-electron chi connectivity index (χ2n) is 5.67. The Balaban J connectivity index is 1.87. The zero-order valence-electron chi connectivity index (χ0n) is 13.9. The van der Waals surface area contributed by atoms with E-state index in [1.807, 2.05) is 24.4 Å². The Hall–Kier alpha value is -2.40. The Labute approximate surface area is 146 Å². The van der Waals surface area contributed by atoms with Gasteiger partial charge < -0.3 is 0 Å². The van der Waals surface area contributed by atoms with E-state index in [1.165, 1.54) is 16.7 Å². The second kappa shape index (κ2) is 7.45. The van der Waals surface area contributed by atoms with Crippen LogP contribution in [0.15, 0.2) is 60.5 Å². The normalized spacial score (nSPS) is 10.8. The molecule has 0 saturated heterocycles. The van der Waals surface area contributed by atoms with Gasteiger partial charge in [0.2, 0.25) is 0 Å². The van der Waals surface area contributed by atoms with Crippen molar-refractivity contribution in [1.29, 1.82) is 0 Å². The minimum Gasteiger partial charge on any atom is -0.298 e. The molecule has 122 valence electrons. The SMILES string of the molecule is C=CCn1c(SCc2cc(C)ccc2C)nnc1-c1cccnc1. The van der Waals surface area contributed by atoms with Gasteiger partial charge in [0.1, 0.15) is 0 Å². The van der Waals surface area contributed by atoms with E-state index in [9.17, 15) is 0 Å². The van der Waals surface area contributed by atoms with Crippen LogP contribution in [-0.2, 0) is 12.3 Å². The Morgan fingerprint density at radius 1 is 1.21 bits per heavy atom. The molecule has 0 fully saturated rings. The third-order valence-corrected chi connectivity index (χ3v) is 4.83. The molecule has 0 atom stereocenters. The van der Waals surface area contributed by atoms with Crippen molar-refractivity contribution in [3.8, 4) is 11.4 Å². The summed E-state index contributed by atoms with van der Waals surface area (Å²) in [5.41, 5.74) is 4.87. The maximum Gasteiger partial charge on any atom is 0.192 e. The van der Waals surface area contributed by atoms with Crippen LogP contribution in [0.25, 0.3) is 11.4 Å². The van der Waals surface area contributed by atoms with E-state index in [0.717, 1.165) is 22.3 Å². The first kappa shape index (κ1) is 16.5. The zero-order valence-corrected chi connectivity index (χ0v) is 14.8. The molecule has 0 saturated carbocycles. The fourth-order valence-corrected chi connectivity index (χ4v) is 3.51. The van der Waals surface area contributed by atoms with Crippen LogP contribution in [0.5, 0.6) is 0 Å². The highest BCUT2D eigenvalue weighted by Crippen LogP contribution is 2.27. The molecule has 3 aromatic rings. The number of aromatic nitrogens is 4. The Bertz CT molecular complexity index is 840. The van der Waals surface area contributed by atoms with Crippen molar-refractivity contribution in [2.45, 2.75) is 31.3 Å². The van der Waals surface area contributed by atoms with Crippen LogP contribution in [0.4, 0.5) is 0 Å². The molecule has 0 aliphatic rings. The molecule has 0 radical (unpaired) electrons. The maximum absolute atomic E-state index is 4.38. The van der Waals surface area contributed by atoms with E-state index in [2.05, 4.69) is 58.4 Å². The van der Waals surface area contributed by atoms with E-state index in [1.54, 1.807) is 18.0 Å². The van der Waals surface area contributed by atoms with Gasteiger partial charge in [-0.25, -0.2) is 0 Å². The summed E-state index contributed by atoms with van der Waals surface area (Å²) < 4.78 is 2.08. The van der Waals surface area contributed by atoms with E-state index in [4.69, 9.17) is 0 Å². The van der Waals surface area contributed by atoms with Crippen LogP contribution in [0, 0.1) is 13.8 Å². The molecule has 0 aliphatic carbocycles. The van der Waals surface area contributed by atoms with Crippen molar-refractivity contribution in [2.24, 2.45) is 0 Å². The molecule has 0 amide bonds. The molecular weight excluding hydrogens is 316 g/mol. The monoisotopic (exact) mass is 336 g/mol. The predicted octanol–water partition coefficient (Wildman–Crippen LogP) is 4.44. The van der Waals surface area contributed by atoms with Gasteiger partial charge in [0.25, 0.3) is 0 Å². The molecule has 0 bridgehead atoms. The van der Waals surface area contributed by atoms with Crippen molar-refractivity contribution in [2.75, 3.05) is 0 Å². The van der Waals surface area contributed by atoms with Gasteiger partial charge in [-0.2, -0.15) is 0 Å². The van der Waals surface area contributed by atoms with Crippen molar-refractivity contribution in [3.63, 3.8) is 0 Å². The second-order valence-corrected chi connectivity index (χ2v) is 6.61. The van der Waals surface area contributed by atoms with Crippen LogP contribution in [0.1, 0.15) is 16.7 Å². The third kappa shape index (κ3) is 3.57. The molecular formula is C19H20N4S. The zero-order chi connectivity index (χ0) is 16.9. The van der Waals surface area contributed by atoms with E-state index >= 15 is 0 Å². The average molecular weight is 336 g/mol. The first-order valence-corrected chi connectivity index (χ1v) is 8.81. The summed E-state index contributed by atoms with van der Waals surface area (Å²) in [4.78, 5) is 4.17. The van der Waals surface area contributed by atoms with Gasteiger partial charge in [0.15, 0.2) is 11.0 Å². The van der Waals surface area contributed by atoms with Gasteiger partial charge in [-0.15, -0.1) is 16.8 Å². The van der Waals surface area contributed by atoms with E-state index in [-0.39, 0.29) is 0 Å². The molecule has 0 aliphatic heterocycles. The van der Waals surface area contributed by atoms with Crippen molar-refractivity contribution in [3.05, 3.63) is 72.1 Å². The van der Waals surface area contributed by atoms with Gasteiger partial charge in [-0.05, 0) is 37.1 Å². The van der Waals surface area contributed by atoms with Crippen molar-refractivity contribution >= 4 is 11.8 Å². The first-order valence-electron chi connectivity index (χ1n) is 7.82. The third-order valence-electron chi connectivity index (χ3n) is 3.81. The lowest BCUT2D eigenvalue weighted by molar-refractivity contribution is 0.731. The van der Waals surface area contributed by atoms with Gasteiger partial charge in [0.05, 0.1) is 0 Å². The first-order chi connectivity index (χ1) is 11.7. The largest absolute Gasteiger partial charge is 0.298 e.